The zero-order valence-corrected chi connectivity index (χ0v) is 19.5. The first-order chi connectivity index (χ1) is 15.6. The normalized spacial score (nSPS) is 11.1. The number of aryl methyl sites for hydroxylation is 1. The van der Waals surface area contributed by atoms with Gasteiger partial charge in [0.15, 0.2) is 16.8 Å². The molecule has 164 valence electrons. The molecular weight excluding hydrogens is 418 g/mol. The summed E-state index contributed by atoms with van der Waals surface area (Å²) in [6.07, 6.45) is 4.57. The van der Waals surface area contributed by atoms with Gasteiger partial charge in [0, 0.05) is 41.5 Å². The number of hydrogen-bond acceptors (Lipinski definition) is 5. The summed E-state index contributed by atoms with van der Waals surface area (Å²) in [5, 5.41) is 9.58. The summed E-state index contributed by atoms with van der Waals surface area (Å²) in [5.74, 6) is 1.18. The second kappa shape index (κ2) is 9.96. The van der Waals surface area contributed by atoms with Crippen molar-refractivity contribution in [2.45, 2.75) is 45.4 Å². The molecule has 1 aromatic carbocycles. The molecule has 0 atom stereocenters. The highest BCUT2D eigenvalue weighted by atomic mass is 32.2. The highest BCUT2D eigenvalue weighted by Crippen LogP contribution is 2.26. The van der Waals surface area contributed by atoms with Crippen LogP contribution in [0.15, 0.2) is 66.1 Å². The van der Waals surface area contributed by atoms with Gasteiger partial charge >= 0.3 is 0 Å². The third kappa shape index (κ3) is 4.67. The van der Waals surface area contributed by atoms with Crippen LogP contribution in [0.3, 0.4) is 0 Å². The first-order valence-corrected chi connectivity index (χ1v) is 11.8. The summed E-state index contributed by atoms with van der Waals surface area (Å²) in [5.41, 5.74) is 5.01. The molecule has 0 saturated heterocycles. The Morgan fingerprint density at radius 3 is 2.56 bits per heavy atom. The fourth-order valence-electron chi connectivity index (χ4n) is 3.87. The molecule has 0 aliphatic heterocycles. The van der Waals surface area contributed by atoms with Crippen LogP contribution in [0.25, 0.3) is 11.4 Å². The zero-order chi connectivity index (χ0) is 22.5. The first-order valence-electron chi connectivity index (χ1n) is 10.8. The lowest BCUT2D eigenvalue weighted by atomic mass is 10.2. The van der Waals surface area contributed by atoms with Gasteiger partial charge in [0.1, 0.15) is 0 Å². The molecule has 0 aliphatic rings. The van der Waals surface area contributed by atoms with Gasteiger partial charge in [-0.05, 0) is 44.0 Å². The van der Waals surface area contributed by atoms with Crippen LogP contribution in [-0.4, -0.2) is 35.9 Å². The molecular formula is C25H27N5OS. The van der Waals surface area contributed by atoms with E-state index < -0.39 is 0 Å². The van der Waals surface area contributed by atoms with E-state index in [9.17, 15) is 4.79 Å². The summed E-state index contributed by atoms with van der Waals surface area (Å²) in [6.45, 7) is 7.79. The van der Waals surface area contributed by atoms with Crippen molar-refractivity contribution in [3.63, 3.8) is 0 Å². The number of carbonyl (C=O) groups excluding carboxylic acids is 1. The average Bonchev–Trinajstić information content (AvgIpc) is 3.34. The van der Waals surface area contributed by atoms with Crippen molar-refractivity contribution < 1.29 is 4.79 Å². The van der Waals surface area contributed by atoms with Crippen molar-refractivity contribution in [3.05, 3.63) is 83.4 Å². The number of pyridine rings is 1. The molecule has 32 heavy (non-hydrogen) atoms. The molecule has 4 rings (SSSR count). The van der Waals surface area contributed by atoms with Crippen molar-refractivity contribution in [1.29, 1.82) is 0 Å². The van der Waals surface area contributed by atoms with Gasteiger partial charge in [0.2, 0.25) is 0 Å². The SMILES string of the molecule is CCCn1c(C)cc(C(=O)CSc2nnc(-c3cccnc3)n2Cc2ccccc2)c1C. The van der Waals surface area contributed by atoms with Gasteiger partial charge in [-0.1, -0.05) is 49.0 Å². The molecule has 0 N–H and O–H groups in total. The Bertz CT molecular complexity index is 1200. The molecule has 0 saturated carbocycles. The van der Waals surface area contributed by atoms with Gasteiger partial charge < -0.3 is 4.57 Å². The van der Waals surface area contributed by atoms with E-state index in [4.69, 9.17) is 0 Å². The number of benzene rings is 1. The Kier molecular flexibility index (Phi) is 6.85. The highest BCUT2D eigenvalue weighted by Gasteiger charge is 2.19. The molecule has 7 heteroatoms. The Morgan fingerprint density at radius 2 is 1.84 bits per heavy atom. The lowest BCUT2D eigenvalue weighted by Crippen LogP contribution is -2.08. The second-order valence-corrected chi connectivity index (χ2v) is 8.71. The molecule has 0 fully saturated rings. The van der Waals surface area contributed by atoms with Crippen LogP contribution < -0.4 is 0 Å². The largest absolute Gasteiger partial charge is 0.348 e. The summed E-state index contributed by atoms with van der Waals surface area (Å²) in [4.78, 5) is 17.3. The maximum Gasteiger partial charge on any atom is 0.192 e. The molecule has 0 radical (unpaired) electrons. The Hall–Kier alpha value is -3.19. The lowest BCUT2D eigenvalue weighted by Gasteiger charge is -2.10. The minimum atomic E-state index is 0.114. The predicted molar refractivity (Wildman–Crippen MR) is 128 cm³/mol. The van der Waals surface area contributed by atoms with Crippen LogP contribution in [0.1, 0.15) is 40.7 Å². The smallest absolute Gasteiger partial charge is 0.192 e. The minimum Gasteiger partial charge on any atom is -0.348 e. The number of nitrogens with zero attached hydrogens (tertiary/aromatic N) is 5. The summed E-state index contributed by atoms with van der Waals surface area (Å²) < 4.78 is 4.28. The van der Waals surface area contributed by atoms with Crippen molar-refractivity contribution >= 4 is 17.5 Å². The van der Waals surface area contributed by atoms with E-state index in [2.05, 4.69) is 50.3 Å². The third-order valence-electron chi connectivity index (χ3n) is 5.47. The van der Waals surface area contributed by atoms with E-state index in [0.29, 0.717) is 12.3 Å². The van der Waals surface area contributed by atoms with E-state index in [0.717, 1.165) is 52.0 Å². The summed E-state index contributed by atoms with van der Waals surface area (Å²) in [6, 6.07) is 16.1. The number of ketones is 1. The van der Waals surface area contributed by atoms with Crippen LogP contribution >= 0.6 is 11.8 Å². The van der Waals surface area contributed by atoms with Crippen LogP contribution in [0, 0.1) is 13.8 Å². The fourth-order valence-corrected chi connectivity index (χ4v) is 4.69. The van der Waals surface area contributed by atoms with E-state index >= 15 is 0 Å². The predicted octanol–water partition coefficient (Wildman–Crippen LogP) is 5.19. The Morgan fingerprint density at radius 1 is 1.03 bits per heavy atom. The first kappa shape index (κ1) is 22.0. The van der Waals surface area contributed by atoms with Crippen molar-refractivity contribution in [3.8, 4) is 11.4 Å². The number of carbonyl (C=O) groups is 1. The van der Waals surface area contributed by atoms with E-state index in [-0.39, 0.29) is 5.78 Å². The monoisotopic (exact) mass is 445 g/mol. The molecule has 0 unspecified atom stereocenters. The number of hydrogen-bond donors (Lipinski definition) is 0. The minimum absolute atomic E-state index is 0.114. The maximum absolute atomic E-state index is 13.1. The average molecular weight is 446 g/mol. The van der Waals surface area contributed by atoms with Crippen molar-refractivity contribution in [2.75, 3.05) is 5.75 Å². The van der Waals surface area contributed by atoms with Gasteiger partial charge in [-0.3, -0.25) is 14.3 Å². The van der Waals surface area contributed by atoms with Crippen LogP contribution in [-0.2, 0) is 13.1 Å². The molecule has 0 aliphatic carbocycles. The fraction of sp³-hybridized carbons (Fsp3) is 0.280. The molecule has 4 aromatic rings. The molecule has 3 heterocycles. The molecule has 0 spiro atoms. The number of thioether (sulfide) groups is 1. The molecule has 6 nitrogen and oxygen atoms in total. The number of rotatable bonds is 9. The van der Waals surface area contributed by atoms with E-state index in [1.165, 1.54) is 11.8 Å². The zero-order valence-electron chi connectivity index (χ0n) is 18.7. The quantitative estimate of drug-likeness (QED) is 0.262. The van der Waals surface area contributed by atoms with Crippen LogP contribution in [0.2, 0.25) is 0 Å². The van der Waals surface area contributed by atoms with Gasteiger partial charge in [-0.25, -0.2) is 0 Å². The Balaban J connectivity index is 1.59. The Labute approximate surface area is 192 Å². The van der Waals surface area contributed by atoms with Gasteiger partial charge in [-0.2, -0.15) is 0 Å². The summed E-state index contributed by atoms with van der Waals surface area (Å²) in [7, 11) is 0. The van der Waals surface area contributed by atoms with Crippen LogP contribution in [0.4, 0.5) is 0 Å². The second-order valence-electron chi connectivity index (χ2n) is 7.77. The standard InChI is InChI=1S/C25H27N5OS/c1-4-13-29-18(2)14-22(19(29)3)23(31)17-32-25-28-27-24(21-11-8-12-26-15-21)30(25)16-20-9-6-5-7-10-20/h5-12,14-15H,4,13,16-17H2,1-3H3. The third-order valence-corrected chi connectivity index (χ3v) is 6.44. The number of Topliss-reactive ketones (excluding diaryl/α,β-unsaturated/α-hetero) is 1. The highest BCUT2D eigenvalue weighted by molar-refractivity contribution is 7.99. The van der Waals surface area contributed by atoms with Crippen molar-refractivity contribution in [1.82, 2.24) is 24.3 Å². The topological polar surface area (TPSA) is 65.6 Å². The van der Waals surface area contributed by atoms with Gasteiger partial charge in [0.05, 0.1) is 12.3 Å². The van der Waals surface area contributed by atoms with Crippen molar-refractivity contribution in [2.24, 2.45) is 0 Å². The molecule has 0 amide bonds. The molecule has 3 aromatic heterocycles. The maximum atomic E-state index is 13.1. The lowest BCUT2D eigenvalue weighted by molar-refractivity contribution is 0.102. The van der Waals surface area contributed by atoms with Gasteiger partial charge in [-0.15, -0.1) is 10.2 Å². The van der Waals surface area contributed by atoms with E-state index in [1.807, 2.05) is 43.3 Å². The number of aromatic nitrogens is 5. The van der Waals surface area contributed by atoms with Crippen LogP contribution in [0.5, 0.6) is 0 Å². The molecule has 0 bridgehead atoms. The van der Waals surface area contributed by atoms with E-state index in [1.54, 1.807) is 12.4 Å². The van der Waals surface area contributed by atoms with Gasteiger partial charge in [0.25, 0.3) is 0 Å². The summed E-state index contributed by atoms with van der Waals surface area (Å²) >= 11 is 1.43.